The Labute approximate surface area is 241 Å². The van der Waals surface area contributed by atoms with Crippen molar-refractivity contribution in [2.75, 3.05) is 6.26 Å². The fourth-order valence-corrected chi connectivity index (χ4v) is 5.01. The molecule has 0 unspecified atom stereocenters. The second-order valence-corrected chi connectivity index (χ2v) is 11.3. The van der Waals surface area contributed by atoms with E-state index in [1.165, 1.54) is 12.3 Å². The van der Waals surface area contributed by atoms with Gasteiger partial charge in [-0.15, -0.1) is 0 Å². The van der Waals surface area contributed by atoms with Crippen molar-refractivity contribution in [1.29, 1.82) is 0 Å². The highest BCUT2D eigenvalue weighted by Gasteiger charge is 2.17. The van der Waals surface area contributed by atoms with Crippen molar-refractivity contribution >= 4 is 43.9 Å². The Morgan fingerprint density at radius 2 is 1.76 bits per heavy atom. The monoisotopic (exact) mass is 584 g/mol. The minimum Gasteiger partial charge on any atom is -0.478 e. The van der Waals surface area contributed by atoms with Crippen LogP contribution in [-0.4, -0.2) is 45.9 Å². The lowest BCUT2D eigenvalue weighted by Crippen LogP contribution is -2.01. The maximum absolute atomic E-state index is 14.5. The molecule has 3 aromatic carbocycles. The number of fused-ring (bicyclic) bond motifs is 1. The number of ether oxygens (including phenoxy) is 1. The normalized spacial score (nSPS) is 12.5. The van der Waals surface area contributed by atoms with Crippen LogP contribution in [0.3, 0.4) is 0 Å². The first-order chi connectivity index (χ1) is 20.1. The molecule has 0 bridgehead atoms. The third-order valence-corrected chi connectivity index (χ3v) is 7.43. The number of carboxylic acids is 1. The van der Waals surface area contributed by atoms with E-state index in [-0.39, 0.29) is 10.9 Å². The van der Waals surface area contributed by atoms with Gasteiger partial charge in [0.25, 0.3) is 0 Å². The van der Waals surface area contributed by atoms with Crippen molar-refractivity contribution in [3.8, 4) is 11.6 Å². The number of hydrogen-bond donors (Lipinski definition) is 2. The minimum absolute atomic E-state index is 0.132. The standard InChI is InChI=1S/C31H25FN4O5S/c1-3-24(21-5-4-6-23(15-21)41-27-17-34-28(18-33-27)42(2,39)40)30(20-10-7-19(8-11-20)9-14-29(37)38)22-12-13-26-25(16-22)31(32)36-35-26/h4-18H,3H2,1-2H3,(H,35,36)(H,37,38)/b14-9+,30-24+. The molecular weight excluding hydrogens is 559 g/mol. The molecule has 9 nitrogen and oxygen atoms in total. The Kier molecular flexibility index (Phi) is 7.94. The SMILES string of the molecule is CC/C(=C(/c1ccc(/C=C/C(=O)O)cc1)c1ccc2n[nH]c(F)c2c1)c1cccc(Oc2cnc(S(C)(=O)=O)cn2)c1. The highest BCUT2D eigenvalue weighted by molar-refractivity contribution is 7.90. The van der Waals surface area contributed by atoms with Gasteiger partial charge < -0.3 is 9.84 Å². The van der Waals surface area contributed by atoms with E-state index in [0.717, 1.165) is 46.4 Å². The van der Waals surface area contributed by atoms with Crippen molar-refractivity contribution in [1.82, 2.24) is 20.2 Å². The predicted molar refractivity (Wildman–Crippen MR) is 157 cm³/mol. The van der Waals surface area contributed by atoms with E-state index in [1.54, 1.807) is 18.2 Å². The summed E-state index contributed by atoms with van der Waals surface area (Å²) in [5.74, 6) is -0.975. The topological polar surface area (TPSA) is 135 Å². The molecule has 0 radical (unpaired) electrons. The van der Waals surface area contributed by atoms with Crippen molar-refractivity contribution in [3.05, 3.63) is 113 Å². The number of aromatic amines is 1. The van der Waals surface area contributed by atoms with E-state index in [2.05, 4.69) is 20.2 Å². The van der Waals surface area contributed by atoms with Crippen LogP contribution in [0.1, 0.15) is 35.6 Å². The summed E-state index contributed by atoms with van der Waals surface area (Å²) in [4.78, 5) is 18.9. The van der Waals surface area contributed by atoms with Crippen LogP contribution in [0.4, 0.5) is 4.39 Å². The van der Waals surface area contributed by atoms with Gasteiger partial charge in [0.05, 0.1) is 23.3 Å². The highest BCUT2D eigenvalue weighted by atomic mass is 32.2. The lowest BCUT2D eigenvalue weighted by molar-refractivity contribution is -0.131. The van der Waals surface area contributed by atoms with Gasteiger partial charge >= 0.3 is 5.97 Å². The van der Waals surface area contributed by atoms with E-state index < -0.39 is 21.8 Å². The molecule has 5 aromatic rings. The number of H-pyrrole nitrogens is 1. The molecule has 11 heteroatoms. The average Bonchev–Trinajstić information content (AvgIpc) is 3.35. The quantitative estimate of drug-likeness (QED) is 0.155. The Morgan fingerprint density at radius 1 is 1.00 bits per heavy atom. The van der Waals surface area contributed by atoms with Gasteiger partial charge in [0, 0.05) is 12.3 Å². The first-order valence-electron chi connectivity index (χ1n) is 12.8. The Balaban J connectivity index is 1.61. The summed E-state index contributed by atoms with van der Waals surface area (Å²) in [5, 5.41) is 15.6. The number of aromatic nitrogens is 4. The first-order valence-corrected chi connectivity index (χ1v) is 14.7. The van der Waals surface area contributed by atoms with Gasteiger partial charge in [-0.1, -0.05) is 49.4 Å². The number of carboxylic acid groups (broad SMARTS) is 1. The lowest BCUT2D eigenvalue weighted by Gasteiger charge is -2.17. The fraction of sp³-hybridized carbons (Fsp3) is 0.0968. The van der Waals surface area contributed by atoms with Gasteiger partial charge in [-0.05, 0) is 70.2 Å². The molecular formula is C31H25FN4O5S. The van der Waals surface area contributed by atoms with Crippen LogP contribution < -0.4 is 4.74 Å². The van der Waals surface area contributed by atoms with Crippen LogP contribution in [0.25, 0.3) is 28.1 Å². The Hall–Kier alpha value is -5.16. The van der Waals surface area contributed by atoms with Crippen molar-refractivity contribution in [2.24, 2.45) is 0 Å². The van der Waals surface area contributed by atoms with Crippen LogP contribution in [0, 0.1) is 5.95 Å². The molecule has 0 saturated carbocycles. The second-order valence-electron chi connectivity index (χ2n) is 9.37. The molecule has 2 heterocycles. The van der Waals surface area contributed by atoms with E-state index in [0.29, 0.717) is 28.6 Å². The molecule has 0 saturated heterocycles. The number of benzene rings is 3. The van der Waals surface area contributed by atoms with E-state index in [4.69, 9.17) is 9.84 Å². The van der Waals surface area contributed by atoms with Gasteiger partial charge in [-0.3, -0.25) is 5.10 Å². The largest absolute Gasteiger partial charge is 0.478 e. The molecule has 5 rings (SSSR count). The molecule has 212 valence electrons. The van der Waals surface area contributed by atoms with Gasteiger partial charge in [0.2, 0.25) is 11.8 Å². The van der Waals surface area contributed by atoms with Crippen molar-refractivity contribution in [2.45, 2.75) is 18.4 Å². The van der Waals surface area contributed by atoms with Crippen LogP contribution >= 0.6 is 0 Å². The molecule has 0 aliphatic rings. The summed E-state index contributed by atoms with van der Waals surface area (Å²) >= 11 is 0. The summed E-state index contributed by atoms with van der Waals surface area (Å²) in [6.45, 7) is 2.01. The molecule has 0 aliphatic carbocycles. The number of hydrogen-bond acceptors (Lipinski definition) is 7. The van der Waals surface area contributed by atoms with Gasteiger partial charge in [0.15, 0.2) is 14.9 Å². The summed E-state index contributed by atoms with van der Waals surface area (Å²) in [5.41, 5.74) is 5.46. The zero-order valence-corrected chi connectivity index (χ0v) is 23.4. The summed E-state index contributed by atoms with van der Waals surface area (Å²) in [6.07, 6.45) is 6.63. The number of carbonyl (C=O) groups is 1. The highest BCUT2D eigenvalue weighted by Crippen LogP contribution is 2.37. The lowest BCUT2D eigenvalue weighted by atomic mass is 9.87. The van der Waals surface area contributed by atoms with Crippen LogP contribution in [0.2, 0.25) is 0 Å². The molecule has 2 aromatic heterocycles. The number of rotatable bonds is 9. The van der Waals surface area contributed by atoms with Crippen LogP contribution in [0.15, 0.2) is 90.2 Å². The second kappa shape index (κ2) is 11.8. The Morgan fingerprint density at radius 3 is 2.43 bits per heavy atom. The van der Waals surface area contributed by atoms with Crippen molar-refractivity contribution in [3.63, 3.8) is 0 Å². The van der Waals surface area contributed by atoms with E-state index in [9.17, 15) is 17.6 Å². The zero-order chi connectivity index (χ0) is 29.9. The van der Waals surface area contributed by atoms with Gasteiger partial charge in [-0.2, -0.15) is 9.49 Å². The number of nitrogens with one attached hydrogen (secondary N) is 1. The molecule has 0 aliphatic heterocycles. The van der Waals surface area contributed by atoms with Gasteiger partial charge in [0.1, 0.15) is 5.75 Å². The molecule has 42 heavy (non-hydrogen) atoms. The third-order valence-electron chi connectivity index (χ3n) is 6.46. The van der Waals surface area contributed by atoms with Crippen LogP contribution in [-0.2, 0) is 14.6 Å². The molecule has 2 N–H and O–H groups in total. The number of sulfone groups is 1. The number of allylic oxidation sites excluding steroid dienone is 1. The zero-order valence-electron chi connectivity index (χ0n) is 22.6. The van der Waals surface area contributed by atoms with Crippen molar-refractivity contribution < 1.29 is 27.4 Å². The molecule has 0 amide bonds. The average molecular weight is 585 g/mol. The van der Waals surface area contributed by atoms with Gasteiger partial charge in [-0.25, -0.2) is 23.2 Å². The fourth-order valence-electron chi connectivity index (χ4n) is 4.52. The maximum atomic E-state index is 14.5. The Bertz CT molecular complexity index is 1950. The van der Waals surface area contributed by atoms with E-state index >= 15 is 0 Å². The molecule has 0 atom stereocenters. The molecule has 0 spiro atoms. The predicted octanol–water partition coefficient (Wildman–Crippen LogP) is 6.15. The number of nitrogens with zero attached hydrogens (tertiary/aromatic N) is 3. The maximum Gasteiger partial charge on any atom is 0.328 e. The summed E-state index contributed by atoms with van der Waals surface area (Å²) in [6, 6.07) is 20.1. The minimum atomic E-state index is -3.49. The first kappa shape index (κ1) is 28.4. The summed E-state index contributed by atoms with van der Waals surface area (Å²) in [7, 11) is -3.49. The molecule has 0 fully saturated rings. The number of halogens is 1. The van der Waals surface area contributed by atoms with E-state index in [1.807, 2.05) is 55.5 Å². The smallest absolute Gasteiger partial charge is 0.328 e. The third kappa shape index (κ3) is 6.26. The number of aliphatic carboxylic acids is 1. The summed E-state index contributed by atoms with van der Waals surface area (Å²) < 4.78 is 43.8. The van der Waals surface area contributed by atoms with Crippen LogP contribution in [0.5, 0.6) is 11.6 Å².